The van der Waals surface area contributed by atoms with E-state index in [1.54, 1.807) is 24.3 Å². The standard InChI is InChI=1S/C17H16ClFN2O4/c1-23-15-8-12(9-20-21-17(22)24-2)7-14(18)16(15)25-10-11-3-5-13(19)6-4-11/h3-9H,10H2,1-2H3,(H,21,22)/b20-9-. The van der Waals surface area contributed by atoms with Gasteiger partial charge in [-0.25, -0.2) is 14.6 Å². The third-order valence-electron chi connectivity index (χ3n) is 3.10. The lowest BCUT2D eigenvalue weighted by Gasteiger charge is -2.13. The second kappa shape index (κ2) is 8.89. The highest BCUT2D eigenvalue weighted by atomic mass is 35.5. The molecule has 25 heavy (non-hydrogen) atoms. The summed E-state index contributed by atoms with van der Waals surface area (Å²) in [6.07, 6.45) is 0.697. The first-order valence-electron chi connectivity index (χ1n) is 7.15. The van der Waals surface area contributed by atoms with Crippen molar-refractivity contribution in [2.75, 3.05) is 14.2 Å². The second-order valence-corrected chi connectivity index (χ2v) is 5.22. The average molecular weight is 367 g/mol. The Hall–Kier alpha value is -2.80. The Balaban J connectivity index is 2.13. The molecule has 0 aliphatic carbocycles. The van der Waals surface area contributed by atoms with Crippen molar-refractivity contribution in [3.8, 4) is 11.5 Å². The predicted octanol–water partition coefficient (Wildman–Crippen LogP) is 3.76. The molecule has 0 aromatic heterocycles. The van der Waals surface area contributed by atoms with Gasteiger partial charge in [0.2, 0.25) is 0 Å². The lowest BCUT2D eigenvalue weighted by atomic mass is 10.2. The molecule has 0 unspecified atom stereocenters. The lowest BCUT2D eigenvalue weighted by molar-refractivity contribution is 0.171. The molecule has 0 saturated heterocycles. The molecular weight excluding hydrogens is 351 g/mol. The summed E-state index contributed by atoms with van der Waals surface area (Å²) in [6.45, 7) is 0.202. The molecule has 0 aliphatic rings. The molecule has 0 radical (unpaired) electrons. The minimum atomic E-state index is -0.687. The van der Waals surface area contributed by atoms with Crippen LogP contribution in [0, 0.1) is 5.82 Å². The second-order valence-electron chi connectivity index (χ2n) is 4.81. The normalized spacial score (nSPS) is 10.6. The highest BCUT2D eigenvalue weighted by Gasteiger charge is 2.12. The number of carbonyl (C=O) groups excluding carboxylic acids is 1. The van der Waals surface area contributed by atoms with Gasteiger partial charge in [-0.3, -0.25) is 0 Å². The van der Waals surface area contributed by atoms with E-state index in [-0.39, 0.29) is 12.4 Å². The highest BCUT2D eigenvalue weighted by Crippen LogP contribution is 2.36. The third-order valence-corrected chi connectivity index (χ3v) is 3.38. The molecule has 1 amide bonds. The third kappa shape index (κ3) is 5.36. The first-order chi connectivity index (χ1) is 12.0. The maximum absolute atomic E-state index is 12.9. The monoisotopic (exact) mass is 366 g/mol. The maximum atomic E-state index is 12.9. The van der Waals surface area contributed by atoms with Crippen LogP contribution in [0.15, 0.2) is 41.5 Å². The van der Waals surface area contributed by atoms with Gasteiger partial charge in [-0.2, -0.15) is 5.10 Å². The fourth-order valence-corrected chi connectivity index (χ4v) is 2.17. The van der Waals surface area contributed by atoms with Crippen LogP contribution in [-0.2, 0) is 11.3 Å². The van der Waals surface area contributed by atoms with Crippen LogP contribution in [-0.4, -0.2) is 26.5 Å². The van der Waals surface area contributed by atoms with Gasteiger partial charge in [0.15, 0.2) is 11.5 Å². The number of hydrogen-bond acceptors (Lipinski definition) is 5. The summed E-state index contributed by atoms with van der Waals surface area (Å²) >= 11 is 6.23. The Morgan fingerprint density at radius 3 is 2.64 bits per heavy atom. The molecule has 2 aromatic carbocycles. The minimum Gasteiger partial charge on any atom is -0.493 e. The van der Waals surface area contributed by atoms with Crippen LogP contribution in [0.4, 0.5) is 9.18 Å². The van der Waals surface area contributed by atoms with Gasteiger partial charge in [0.25, 0.3) is 0 Å². The van der Waals surface area contributed by atoms with Gasteiger partial charge in [-0.05, 0) is 35.4 Å². The number of halogens is 2. The molecule has 2 aromatic rings. The molecule has 0 saturated carbocycles. The van der Waals surface area contributed by atoms with E-state index in [0.717, 1.165) is 5.56 Å². The number of rotatable bonds is 6. The summed E-state index contributed by atoms with van der Waals surface area (Å²) in [7, 11) is 2.71. The van der Waals surface area contributed by atoms with Crippen molar-refractivity contribution < 1.29 is 23.4 Å². The van der Waals surface area contributed by atoms with E-state index in [1.807, 2.05) is 0 Å². The molecule has 1 N–H and O–H groups in total. The molecule has 6 nitrogen and oxygen atoms in total. The zero-order chi connectivity index (χ0) is 18.2. The number of carbonyl (C=O) groups is 1. The van der Waals surface area contributed by atoms with Crippen LogP contribution >= 0.6 is 11.6 Å². The Kier molecular flexibility index (Phi) is 6.59. The molecule has 0 heterocycles. The Morgan fingerprint density at radius 1 is 1.28 bits per heavy atom. The van der Waals surface area contributed by atoms with Gasteiger partial charge in [-0.1, -0.05) is 23.7 Å². The topological polar surface area (TPSA) is 69.2 Å². The van der Waals surface area contributed by atoms with Crippen molar-refractivity contribution in [2.45, 2.75) is 6.61 Å². The highest BCUT2D eigenvalue weighted by molar-refractivity contribution is 6.32. The molecule has 0 atom stereocenters. The number of amides is 1. The van der Waals surface area contributed by atoms with Crippen LogP contribution in [0.25, 0.3) is 0 Å². The summed E-state index contributed by atoms with van der Waals surface area (Å²) in [5.41, 5.74) is 3.54. The quantitative estimate of drug-likeness (QED) is 0.624. The Bertz CT molecular complexity index is 766. The Labute approximate surface area is 149 Å². The van der Waals surface area contributed by atoms with Crippen LogP contribution < -0.4 is 14.9 Å². The summed E-state index contributed by atoms with van der Waals surface area (Å²) < 4.78 is 28.3. The van der Waals surface area contributed by atoms with Crippen molar-refractivity contribution in [1.82, 2.24) is 5.43 Å². The molecule has 0 fully saturated rings. The van der Waals surface area contributed by atoms with Crippen molar-refractivity contribution >= 4 is 23.9 Å². The first kappa shape index (κ1) is 18.5. The number of hydrazone groups is 1. The zero-order valence-electron chi connectivity index (χ0n) is 13.6. The van der Waals surface area contributed by atoms with Gasteiger partial charge in [0, 0.05) is 0 Å². The van der Waals surface area contributed by atoms with Crippen LogP contribution in [0.3, 0.4) is 0 Å². The number of nitrogens with one attached hydrogen (secondary N) is 1. The summed E-state index contributed by atoms with van der Waals surface area (Å²) in [4.78, 5) is 10.9. The van der Waals surface area contributed by atoms with Crippen molar-refractivity contribution in [3.05, 3.63) is 58.4 Å². The molecule has 0 spiro atoms. The van der Waals surface area contributed by atoms with E-state index in [4.69, 9.17) is 21.1 Å². The predicted molar refractivity (Wildman–Crippen MR) is 91.9 cm³/mol. The van der Waals surface area contributed by atoms with Crippen molar-refractivity contribution in [2.24, 2.45) is 5.10 Å². The SMILES string of the molecule is COC(=O)N/N=C\c1cc(Cl)c(OCc2ccc(F)cc2)c(OC)c1. The summed E-state index contributed by atoms with van der Waals surface area (Å²) in [5, 5.41) is 4.03. The number of hydrogen-bond donors (Lipinski definition) is 1. The van der Waals surface area contributed by atoms with E-state index < -0.39 is 6.09 Å². The molecule has 2 rings (SSSR count). The van der Waals surface area contributed by atoms with Gasteiger partial charge in [0.05, 0.1) is 25.5 Å². The van der Waals surface area contributed by atoms with Crippen LogP contribution in [0.5, 0.6) is 11.5 Å². The smallest absolute Gasteiger partial charge is 0.427 e. The Morgan fingerprint density at radius 2 is 2.00 bits per heavy atom. The van der Waals surface area contributed by atoms with E-state index in [2.05, 4.69) is 15.3 Å². The molecule has 132 valence electrons. The molecular formula is C17H16ClFN2O4. The maximum Gasteiger partial charge on any atom is 0.427 e. The van der Waals surface area contributed by atoms with Crippen molar-refractivity contribution in [3.63, 3.8) is 0 Å². The fraction of sp³-hybridized carbons (Fsp3) is 0.176. The van der Waals surface area contributed by atoms with Crippen molar-refractivity contribution in [1.29, 1.82) is 0 Å². The molecule has 8 heteroatoms. The number of nitrogens with zero attached hydrogens (tertiary/aromatic N) is 1. The van der Waals surface area contributed by atoms with Gasteiger partial charge in [-0.15, -0.1) is 0 Å². The average Bonchev–Trinajstić information content (AvgIpc) is 2.61. The first-order valence-corrected chi connectivity index (χ1v) is 7.53. The van der Waals surface area contributed by atoms with Gasteiger partial charge >= 0.3 is 6.09 Å². The number of ether oxygens (including phenoxy) is 3. The lowest BCUT2D eigenvalue weighted by Crippen LogP contribution is -2.16. The fourth-order valence-electron chi connectivity index (χ4n) is 1.90. The van der Waals surface area contributed by atoms with Crippen LogP contribution in [0.2, 0.25) is 5.02 Å². The summed E-state index contributed by atoms with van der Waals surface area (Å²) in [6, 6.07) is 9.20. The summed E-state index contributed by atoms with van der Waals surface area (Å²) in [5.74, 6) is 0.435. The van der Waals surface area contributed by atoms with E-state index in [9.17, 15) is 9.18 Å². The zero-order valence-corrected chi connectivity index (χ0v) is 14.3. The largest absolute Gasteiger partial charge is 0.493 e. The number of benzene rings is 2. The molecule has 0 bridgehead atoms. The number of methoxy groups -OCH3 is 2. The van der Waals surface area contributed by atoms with Gasteiger partial charge < -0.3 is 14.2 Å². The van der Waals surface area contributed by atoms with Crippen LogP contribution in [0.1, 0.15) is 11.1 Å². The van der Waals surface area contributed by atoms with E-state index >= 15 is 0 Å². The minimum absolute atomic E-state index is 0.202. The molecule has 0 aliphatic heterocycles. The van der Waals surface area contributed by atoms with E-state index in [0.29, 0.717) is 22.1 Å². The van der Waals surface area contributed by atoms with E-state index in [1.165, 1.54) is 32.6 Å². The van der Waals surface area contributed by atoms with Gasteiger partial charge in [0.1, 0.15) is 12.4 Å².